The molecule has 2 rings (SSSR count). The average molecular weight is 298 g/mol. The predicted octanol–water partition coefficient (Wildman–Crippen LogP) is 4.51. The number of alkyl halides is 1. The van der Waals surface area contributed by atoms with Gasteiger partial charge in [0.05, 0.1) is 0 Å². The van der Waals surface area contributed by atoms with E-state index in [4.69, 9.17) is 23.2 Å². The van der Waals surface area contributed by atoms with E-state index in [0.717, 1.165) is 11.1 Å². The molecule has 2 aromatic rings. The molecular formula is C15H14Cl2FN. The second-order valence-electron chi connectivity index (χ2n) is 4.26. The van der Waals surface area contributed by atoms with E-state index >= 15 is 0 Å². The third-order valence-corrected chi connectivity index (χ3v) is 3.50. The summed E-state index contributed by atoms with van der Waals surface area (Å²) in [5.41, 5.74) is 2.69. The highest BCUT2D eigenvalue weighted by atomic mass is 35.5. The molecule has 0 unspecified atom stereocenters. The maximum Gasteiger partial charge on any atom is 0.129 e. The minimum atomic E-state index is -0.283. The SMILES string of the molecule is Fc1cccc(Cl)c1CNCc1cccc(CCl)c1. The van der Waals surface area contributed by atoms with Gasteiger partial charge in [-0.1, -0.05) is 41.9 Å². The van der Waals surface area contributed by atoms with Gasteiger partial charge in [0.15, 0.2) is 0 Å². The van der Waals surface area contributed by atoms with Crippen LogP contribution in [-0.2, 0) is 19.0 Å². The quantitative estimate of drug-likeness (QED) is 0.801. The zero-order valence-corrected chi connectivity index (χ0v) is 11.8. The monoisotopic (exact) mass is 297 g/mol. The molecule has 4 heteroatoms. The highest BCUT2D eigenvalue weighted by molar-refractivity contribution is 6.31. The lowest BCUT2D eigenvalue weighted by Crippen LogP contribution is -2.14. The number of rotatable bonds is 5. The number of nitrogens with one attached hydrogen (secondary N) is 1. The fraction of sp³-hybridized carbons (Fsp3) is 0.200. The molecule has 0 saturated heterocycles. The van der Waals surface area contributed by atoms with Crippen molar-refractivity contribution in [1.29, 1.82) is 0 Å². The van der Waals surface area contributed by atoms with Gasteiger partial charge in [-0.15, -0.1) is 11.6 Å². The topological polar surface area (TPSA) is 12.0 Å². The Bertz CT molecular complexity index is 537. The van der Waals surface area contributed by atoms with Crippen molar-refractivity contribution in [3.8, 4) is 0 Å². The minimum Gasteiger partial charge on any atom is -0.308 e. The number of halogens is 3. The molecule has 0 aromatic heterocycles. The van der Waals surface area contributed by atoms with Crippen molar-refractivity contribution < 1.29 is 4.39 Å². The van der Waals surface area contributed by atoms with Crippen molar-refractivity contribution in [2.75, 3.05) is 0 Å². The first-order valence-corrected chi connectivity index (χ1v) is 6.89. The fourth-order valence-corrected chi connectivity index (χ4v) is 2.25. The van der Waals surface area contributed by atoms with Crippen LogP contribution in [0, 0.1) is 5.82 Å². The van der Waals surface area contributed by atoms with Crippen molar-refractivity contribution in [1.82, 2.24) is 5.32 Å². The van der Waals surface area contributed by atoms with E-state index in [-0.39, 0.29) is 5.82 Å². The molecule has 0 saturated carbocycles. The van der Waals surface area contributed by atoms with Crippen LogP contribution >= 0.6 is 23.2 Å². The summed E-state index contributed by atoms with van der Waals surface area (Å²) >= 11 is 11.7. The van der Waals surface area contributed by atoms with Crippen LogP contribution < -0.4 is 5.32 Å². The van der Waals surface area contributed by atoms with Crippen molar-refractivity contribution in [3.05, 3.63) is 70.0 Å². The Morgan fingerprint density at radius 1 is 1.00 bits per heavy atom. The van der Waals surface area contributed by atoms with Gasteiger partial charge in [0.1, 0.15) is 5.82 Å². The van der Waals surface area contributed by atoms with Gasteiger partial charge in [0, 0.05) is 29.6 Å². The summed E-state index contributed by atoms with van der Waals surface area (Å²) in [6, 6.07) is 12.7. The van der Waals surface area contributed by atoms with Gasteiger partial charge < -0.3 is 5.32 Å². The lowest BCUT2D eigenvalue weighted by Gasteiger charge is -2.08. The van der Waals surface area contributed by atoms with Crippen molar-refractivity contribution in [2.45, 2.75) is 19.0 Å². The van der Waals surface area contributed by atoms with Crippen LogP contribution in [0.5, 0.6) is 0 Å². The van der Waals surface area contributed by atoms with E-state index in [2.05, 4.69) is 5.32 Å². The van der Waals surface area contributed by atoms with Gasteiger partial charge in [-0.25, -0.2) is 4.39 Å². The normalized spacial score (nSPS) is 10.7. The molecule has 0 aliphatic rings. The first-order valence-electron chi connectivity index (χ1n) is 5.98. The standard InChI is InChI=1S/C15H14Cl2FN/c16-8-11-3-1-4-12(7-11)9-19-10-13-14(17)5-2-6-15(13)18/h1-7,19H,8-10H2. The van der Waals surface area contributed by atoms with Gasteiger partial charge in [-0.05, 0) is 23.3 Å². The van der Waals surface area contributed by atoms with Crippen molar-refractivity contribution in [3.63, 3.8) is 0 Å². The summed E-state index contributed by atoms with van der Waals surface area (Å²) in [5, 5.41) is 3.63. The molecule has 0 amide bonds. The molecular weight excluding hydrogens is 284 g/mol. The molecule has 0 aliphatic carbocycles. The maximum absolute atomic E-state index is 13.6. The summed E-state index contributed by atoms with van der Waals surface area (Å²) in [6.45, 7) is 1.05. The van der Waals surface area contributed by atoms with E-state index in [0.29, 0.717) is 29.6 Å². The first kappa shape index (κ1) is 14.3. The first-order chi connectivity index (χ1) is 9.20. The second-order valence-corrected chi connectivity index (χ2v) is 4.93. The largest absolute Gasteiger partial charge is 0.308 e. The molecule has 0 radical (unpaired) electrons. The van der Waals surface area contributed by atoms with E-state index in [1.165, 1.54) is 6.07 Å². The van der Waals surface area contributed by atoms with E-state index in [9.17, 15) is 4.39 Å². The van der Waals surface area contributed by atoms with Crippen LogP contribution in [0.3, 0.4) is 0 Å². The lowest BCUT2D eigenvalue weighted by molar-refractivity contribution is 0.588. The number of benzene rings is 2. The molecule has 1 nitrogen and oxygen atoms in total. The lowest BCUT2D eigenvalue weighted by atomic mass is 10.1. The molecule has 0 aliphatic heterocycles. The van der Waals surface area contributed by atoms with Crippen LogP contribution in [0.2, 0.25) is 5.02 Å². The zero-order chi connectivity index (χ0) is 13.7. The molecule has 0 heterocycles. The fourth-order valence-electron chi connectivity index (χ4n) is 1.86. The van der Waals surface area contributed by atoms with E-state index < -0.39 is 0 Å². The van der Waals surface area contributed by atoms with Crippen LogP contribution in [0.15, 0.2) is 42.5 Å². The van der Waals surface area contributed by atoms with Crippen LogP contribution in [0.25, 0.3) is 0 Å². The summed E-state index contributed by atoms with van der Waals surface area (Å²) in [5.74, 6) is 0.210. The molecule has 1 N–H and O–H groups in total. The molecule has 2 aromatic carbocycles. The van der Waals surface area contributed by atoms with Crippen LogP contribution in [-0.4, -0.2) is 0 Å². The Balaban J connectivity index is 1.96. The van der Waals surface area contributed by atoms with Crippen LogP contribution in [0.1, 0.15) is 16.7 Å². The van der Waals surface area contributed by atoms with Gasteiger partial charge in [0.25, 0.3) is 0 Å². The van der Waals surface area contributed by atoms with Crippen molar-refractivity contribution in [2.24, 2.45) is 0 Å². The maximum atomic E-state index is 13.6. The van der Waals surface area contributed by atoms with Gasteiger partial charge in [0.2, 0.25) is 0 Å². The minimum absolute atomic E-state index is 0.283. The third-order valence-electron chi connectivity index (χ3n) is 2.84. The Kier molecular flexibility index (Phi) is 5.20. The number of hydrogen-bond acceptors (Lipinski definition) is 1. The Labute approximate surface area is 122 Å². The third kappa shape index (κ3) is 3.93. The molecule has 0 spiro atoms. The highest BCUT2D eigenvalue weighted by Gasteiger charge is 2.06. The van der Waals surface area contributed by atoms with Gasteiger partial charge in [-0.3, -0.25) is 0 Å². The summed E-state index contributed by atoms with van der Waals surface area (Å²) in [4.78, 5) is 0. The Morgan fingerprint density at radius 3 is 2.47 bits per heavy atom. The molecule has 19 heavy (non-hydrogen) atoms. The molecule has 0 atom stereocenters. The zero-order valence-electron chi connectivity index (χ0n) is 10.3. The summed E-state index contributed by atoms with van der Waals surface area (Å²) < 4.78 is 13.6. The molecule has 0 fully saturated rings. The van der Waals surface area contributed by atoms with Crippen LogP contribution in [0.4, 0.5) is 4.39 Å². The summed E-state index contributed by atoms with van der Waals surface area (Å²) in [6.07, 6.45) is 0. The van der Waals surface area contributed by atoms with Gasteiger partial charge >= 0.3 is 0 Å². The van der Waals surface area contributed by atoms with E-state index in [1.54, 1.807) is 12.1 Å². The molecule has 0 bridgehead atoms. The van der Waals surface area contributed by atoms with Gasteiger partial charge in [-0.2, -0.15) is 0 Å². The Morgan fingerprint density at radius 2 is 1.74 bits per heavy atom. The molecule has 100 valence electrons. The second kappa shape index (κ2) is 6.90. The highest BCUT2D eigenvalue weighted by Crippen LogP contribution is 2.18. The van der Waals surface area contributed by atoms with Crippen molar-refractivity contribution >= 4 is 23.2 Å². The van der Waals surface area contributed by atoms with E-state index in [1.807, 2.05) is 24.3 Å². The smallest absolute Gasteiger partial charge is 0.129 e. The number of hydrogen-bond donors (Lipinski definition) is 1. The predicted molar refractivity (Wildman–Crippen MR) is 78.0 cm³/mol. The Hall–Kier alpha value is -1.09. The summed E-state index contributed by atoms with van der Waals surface area (Å²) in [7, 11) is 0. The average Bonchev–Trinajstić information content (AvgIpc) is 2.42.